The number of nitrogens with two attached hydrogens (primary N) is 1. The second-order valence-electron chi connectivity index (χ2n) is 6.26. The van der Waals surface area contributed by atoms with E-state index in [1.54, 1.807) is 18.2 Å². The van der Waals surface area contributed by atoms with Crippen molar-refractivity contribution >= 4 is 57.8 Å². The maximum absolute atomic E-state index is 12.5. The predicted molar refractivity (Wildman–Crippen MR) is 110 cm³/mol. The fourth-order valence-electron chi connectivity index (χ4n) is 2.83. The molecule has 1 aliphatic heterocycles. The molecule has 0 saturated carbocycles. The van der Waals surface area contributed by atoms with Gasteiger partial charge in [0.2, 0.25) is 0 Å². The molecule has 2 aromatic rings. The van der Waals surface area contributed by atoms with Crippen LogP contribution in [0.15, 0.2) is 30.3 Å². The summed E-state index contributed by atoms with van der Waals surface area (Å²) >= 11 is 18.2. The molecule has 5 nitrogen and oxygen atoms in total. The standard InChI is InChI=1S/C18H19Cl3N4O/c1-24-4-6-25(7-5-24)17-10-16(14(21)9-15(17)22)23-18(26)11-2-3-12(19)13(20)8-11/h2-3,8-10H,4-7,22H2,1H3,(H,23,26). The molecule has 0 atom stereocenters. The topological polar surface area (TPSA) is 61.6 Å². The Labute approximate surface area is 167 Å². The van der Waals surface area contributed by atoms with Gasteiger partial charge in [0.15, 0.2) is 0 Å². The zero-order chi connectivity index (χ0) is 18.8. The summed E-state index contributed by atoms with van der Waals surface area (Å²) in [6, 6.07) is 8.19. The summed E-state index contributed by atoms with van der Waals surface area (Å²) < 4.78 is 0. The number of carbonyl (C=O) groups is 1. The van der Waals surface area contributed by atoms with Gasteiger partial charge in [-0.05, 0) is 37.4 Å². The van der Waals surface area contributed by atoms with Gasteiger partial charge in [0, 0.05) is 31.7 Å². The number of nitrogen functional groups attached to an aromatic ring is 1. The fraction of sp³-hybridized carbons (Fsp3) is 0.278. The SMILES string of the molecule is CN1CCN(c2cc(NC(=O)c3ccc(Cl)c(Cl)c3)c(Cl)cc2N)CC1. The Balaban J connectivity index is 1.84. The van der Waals surface area contributed by atoms with Gasteiger partial charge in [-0.25, -0.2) is 0 Å². The third-order valence-electron chi connectivity index (χ3n) is 4.39. The average Bonchev–Trinajstić information content (AvgIpc) is 2.60. The molecular formula is C18H19Cl3N4O. The molecule has 0 radical (unpaired) electrons. The lowest BCUT2D eigenvalue weighted by Gasteiger charge is -2.35. The second-order valence-corrected chi connectivity index (χ2v) is 7.49. The first-order valence-electron chi connectivity index (χ1n) is 8.14. The van der Waals surface area contributed by atoms with Gasteiger partial charge in [0.05, 0.1) is 32.1 Å². The summed E-state index contributed by atoms with van der Waals surface area (Å²) in [6.45, 7) is 3.63. The van der Waals surface area contributed by atoms with Crippen LogP contribution in [0.3, 0.4) is 0 Å². The number of likely N-dealkylation sites (N-methyl/N-ethyl adjacent to an activating group) is 1. The van der Waals surface area contributed by atoms with Crippen molar-refractivity contribution in [2.75, 3.05) is 49.2 Å². The van der Waals surface area contributed by atoms with Gasteiger partial charge in [-0.1, -0.05) is 34.8 Å². The number of carbonyl (C=O) groups excluding carboxylic acids is 1. The molecule has 1 fully saturated rings. The highest BCUT2D eigenvalue weighted by Crippen LogP contribution is 2.34. The highest BCUT2D eigenvalue weighted by atomic mass is 35.5. The largest absolute Gasteiger partial charge is 0.397 e. The molecule has 1 saturated heterocycles. The van der Waals surface area contributed by atoms with Gasteiger partial charge in [-0.2, -0.15) is 0 Å². The van der Waals surface area contributed by atoms with Crippen molar-refractivity contribution in [2.24, 2.45) is 0 Å². The molecule has 8 heteroatoms. The van der Waals surface area contributed by atoms with Crippen molar-refractivity contribution in [1.29, 1.82) is 0 Å². The lowest BCUT2D eigenvalue weighted by Crippen LogP contribution is -2.44. The van der Waals surface area contributed by atoms with Crippen LogP contribution in [0.4, 0.5) is 17.1 Å². The smallest absolute Gasteiger partial charge is 0.255 e. The lowest BCUT2D eigenvalue weighted by atomic mass is 10.1. The first-order valence-corrected chi connectivity index (χ1v) is 9.27. The maximum atomic E-state index is 12.5. The van der Waals surface area contributed by atoms with E-state index in [1.807, 2.05) is 6.07 Å². The molecule has 0 bridgehead atoms. The third-order valence-corrected chi connectivity index (χ3v) is 5.44. The molecule has 0 unspecified atom stereocenters. The van der Waals surface area contributed by atoms with Crippen molar-refractivity contribution in [1.82, 2.24) is 4.90 Å². The van der Waals surface area contributed by atoms with Crippen molar-refractivity contribution < 1.29 is 4.79 Å². The number of halogens is 3. The van der Waals surface area contributed by atoms with E-state index in [9.17, 15) is 4.79 Å². The number of hydrogen-bond acceptors (Lipinski definition) is 4. The van der Waals surface area contributed by atoms with Gasteiger partial charge in [-0.3, -0.25) is 4.79 Å². The monoisotopic (exact) mass is 412 g/mol. The molecule has 0 aromatic heterocycles. The van der Waals surface area contributed by atoms with Crippen LogP contribution in [0.2, 0.25) is 15.1 Å². The van der Waals surface area contributed by atoms with Gasteiger partial charge >= 0.3 is 0 Å². The van der Waals surface area contributed by atoms with E-state index in [-0.39, 0.29) is 5.91 Å². The molecule has 1 heterocycles. The second kappa shape index (κ2) is 7.92. The van der Waals surface area contributed by atoms with Crippen LogP contribution in [0.25, 0.3) is 0 Å². The number of piperazine rings is 1. The number of hydrogen-bond donors (Lipinski definition) is 2. The molecule has 1 aliphatic rings. The highest BCUT2D eigenvalue weighted by molar-refractivity contribution is 6.42. The quantitative estimate of drug-likeness (QED) is 0.739. The summed E-state index contributed by atoms with van der Waals surface area (Å²) in [7, 11) is 2.09. The molecule has 0 aliphatic carbocycles. The lowest BCUT2D eigenvalue weighted by molar-refractivity contribution is 0.102. The van der Waals surface area contributed by atoms with Gasteiger partial charge in [0.1, 0.15) is 0 Å². The normalized spacial score (nSPS) is 15.2. The van der Waals surface area contributed by atoms with Crippen LogP contribution in [0, 0.1) is 0 Å². The van der Waals surface area contributed by atoms with E-state index in [4.69, 9.17) is 40.5 Å². The molecule has 138 valence electrons. The van der Waals surface area contributed by atoms with Gasteiger partial charge in [0.25, 0.3) is 5.91 Å². The first kappa shape index (κ1) is 19.1. The average molecular weight is 414 g/mol. The van der Waals surface area contributed by atoms with E-state index in [0.717, 1.165) is 31.9 Å². The number of nitrogens with one attached hydrogen (secondary N) is 1. The zero-order valence-electron chi connectivity index (χ0n) is 14.2. The minimum atomic E-state index is -0.320. The predicted octanol–water partition coefficient (Wildman–Crippen LogP) is 4.23. The van der Waals surface area contributed by atoms with E-state index < -0.39 is 0 Å². The Bertz CT molecular complexity index is 835. The van der Waals surface area contributed by atoms with Crippen LogP contribution in [0.5, 0.6) is 0 Å². The minimum absolute atomic E-state index is 0.320. The zero-order valence-corrected chi connectivity index (χ0v) is 16.5. The van der Waals surface area contributed by atoms with Gasteiger partial charge in [-0.15, -0.1) is 0 Å². The maximum Gasteiger partial charge on any atom is 0.255 e. The molecule has 2 aromatic carbocycles. The van der Waals surface area contributed by atoms with Crippen LogP contribution in [0.1, 0.15) is 10.4 Å². The summed E-state index contributed by atoms with van der Waals surface area (Å²) in [5, 5.41) is 3.92. The highest BCUT2D eigenvalue weighted by Gasteiger charge is 2.19. The number of rotatable bonds is 3. The number of amides is 1. The Hall–Kier alpha value is -1.66. The first-order chi connectivity index (χ1) is 12.3. The van der Waals surface area contributed by atoms with E-state index in [1.165, 1.54) is 6.07 Å². The minimum Gasteiger partial charge on any atom is -0.397 e. The van der Waals surface area contributed by atoms with Crippen LogP contribution in [-0.4, -0.2) is 44.0 Å². The van der Waals surface area contributed by atoms with Crippen molar-refractivity contribution in [2.45, 2.75) is 0 Å². The van der Waals surface area contributed by atoms with E-state index in [2.05, 4.69) is 22.2 Å². The summed E-state index contributed by atoms with van der Waals surface area (Å²) in [5.74, 6) is -0.320. The van der Waals surface area contributed by atoms with Crippen LogP contribution in [-0.2, 0) is 0 Å². The molecule has 1 amide bonds. The number of benzene rings is 2. The Morgan fingerprint density at radius 3 is 2.35 bits per heavy atom. The van der Waals surface area contributed by atoms with Crippen LogP contribution >= 0.6 is 34.8 Å². The van der Waals surface area contributed by atoms with Crippen LogP contribution < -0.4 is 16.0 Å². The molecule has 3 N–H and O–H groups in total. The number of nitrogens with zero attached hydrogens (tertiary/aromatic N) is 2. The summed E-state index contributed by atoms with van der Waals surface area (Å²) in [4.78, 5) is 17.0. The van der Waals surface area contributed by atoms with E-state index >= 15 is 0 Å². The Kier molecular flexibility index (Phi) is 5.82. The summed E-state index contributed by atoms with van der Waals surface area (Å²) in [5.41, 5.74) is 8.51. The molecule has 0 spiro atoms. The van der Waals surface area contributed by atoms with Crippen molar-refractivity contribution in [3.8, 4) is 0 Å². The van der Waals surface area contributed by atoms with Gasteiger partial charge < -0.3 is 20.9 Å². The number of anilines is 3. The summed E-state index contributed by atoms with van der Waals surface area (Å²) in [6.07, 6.45) is 0. The fourth-order valence-corrected chi connectivity index (χ4v) is 3.34. The van der Waals surface area contributed by atoms with Crippen molar-refractivity contribution in [3.63, 3.8) is 0 Å². The Morgan fingerprint density at radius 1 is 1.00 bits per heavy atom. The van der Waals surface area contributed by atoms with E-state index in [0.29, 0.717) is 32.0 Å². The Morgan fingerprint density at radius 2 is 1.69 bits per heavy atom. The third kappa shape index (κ3) is 4.18. The molecule has 3 rings (SSSR count). The molecule has 26 heavy (non-hydrogen) atoms. The van der Waals surface area contributed by atoms with Crippen molar-refractivity contribution in [3.05, 3.63) is 51.0 Å². The molecular weight excluding hydrogens is 395 g/mol.